The molecule has 0 aromatic heterocycles. The fourth-order valence-corrected chi connectivity index (χ4v) is 3.63. The second-order valence-electron chi connectivity index (χ2n) is 5.17. The molecule has 0 amide bonds. The number of sulfonamides is 1. The maximum absolute atomic E-state index is 12.5. The standard InChI is InChI=1S/C11H20ClF3N2O2S/c1-20(18,19)17-5-2-3-10(8-17)7-16(6-4-12)9-11(13,14)15/h10H,2-9H2,1H3. The van der Waals surface area contributed by atoms with Crippen LogP contribution in [0.2, 0.25) is 0 Å². The van der Waals surface area contributed by atoms with Crippen LogP contribution in [0.1, 0.15) is 12.8 Å². The van der Waals surface area contributed by atoms with Gasteiger partial charge in [-0.2, -0.15) is 13.2 Å². The van der Waals surface area contributed by atoms with Crippen molar-refractivity contribution in [2.24, 2.45) is 5.92 Å². The van der Waals surface area contributed by atoms with Gasteiger partial charge in [0.2, 0.25) is 10.0 Å². The van der Waals surface area contributed by atoms with Crippen LogP contribution in [0.4, 0.5) is 13.2 Å². The lowest BCUT2D eigenvalue weighted by atomic mass is 9.99. The topological polar surface area (TPSA) is 40.6 Å². The molecule has 0 aromatic rings. The first-order chi connectivity index (χ1) is 9.12. The highest BCUT2D eigenvalue weighted by molar-refractivity contribution is 7.88. The number of hydrogen-bond acceptors (Lipinski definition) is 3. The molecule has 1 heterocycles. The molecule has 1 atom stereocenters. The maximum atomic E-state index is 12.5. The third-order valence-corrected chi connectivity index (χ3v) is 4.71. The highest BCUT2D eigenvalue weighted by atomic mass is 35.5. The molecule has 0 aliphatic carbocycles. The van der Waals surface area contributed by atoms with E-state index in [1.165, 1.54) is 9.21 Å². The molecule has 1 aliphatic rings. The molecule has 20 heavy (non-hydrogen) atoms. The Kier molecular flexibility index (Phi) is 6.56. The van der Waals surface area contributed by atoms with Crippen LogP contribution in [-0.2, 0) is 10.0 Å². The van der Waals surface area contributed by atoms with Gasteiger partial charge in [0, 0.05) is 32.1 Å². The summed E-state index contributed by atoms with van der Waals surface area (Å²) in [5.74, 6) is 0.0440. The highest BCUT2D eigenvalue weighted by Gasteiger charge is 2.33. The van der Waals surface area contributed by atoms with Crippen molar-refractivity contribution in [3.8, 4) is 0 Å². The van der Waals surface area contributed by atoms with Crippen molar-refractivity contribution in [1.82, 2.24) is 9.21 Å². The first kappa shape index (κ1) is 18.0. The van der Waals surface area contributed by atoms with Crippen molar-refractivity contribution < 1.29 is 21.6 Å². The molecular weight excluding hydrogens is 317 g/mol. The van der Waals surface area contributed by atoms with E-state index in [-0.39, 0.29) is 31.4 Å². The normalized spacial score (nSPS) is 22.4. The van der Waals surface area contributed by atoms with Crippen molar-refractivity contribution >= 4 is 21.6 Å². The second kappa shape index (κ2) is 7.29. The van der Waals surface area contributed by atoms with Crippen molar-refractivity contribution in [1.29, 1.82) is 0 Å². The molecule has 120 valence electrons. The molecular formula is C11H20ClF3N2O2S. The number of alkyl halides is 4. The molecule has 1 saturated heterocycles. The molecule has 1 aliphatic heterocycles. The second-order valence-corrected chi connectivity index (χ2v) is 7.53. The van der Waals surface area contributed by atoms with Crippen LogP contribution in [0.25, 0.3) is 0 Å². The quantitative estimate of drug-likeness (QED) is 0.694. The Morgan fingerprint density at radius 1 is 1.40 bits per heavy atom. The molecule has 1 rings (SSSR count). The maximum Gasteiger partial charge on any atom is 0.401 e. The monoisotopic (exact) mass is 336 g/mol. The van der Waals surface area contributed by atoms with E-state index < -0.39 is 22.7 Å². The van der Waals surface area contributed by atoms with Crippen molar-refractivity contribution in [3.63, 3.8) is 0 Å². The molecule has 0 radical (unpaired) electrons. The molecule has 0 aromatic carbocycles. The van der Waals surface area contributed by atoms with Gasteiger partial charge in [0.1, 0.15) is 0 Å². The smallest absolute Gasteiger partial charge is 0.293 e. The minimum absolute atomic E-state index is 0.0796. The molecule has 0 N–H and O–H groups in total. The van der Waals surface area contributed by atoms with Gasteiger partial charge in [0.25, 0.3) is 0 Å². The van der Waals surface area contributed by atoms with Crippen molar-refractivity contribution in [2.75, 3.05) is 44.9 Å². The van der Waals surface area contributed by atoms with Crippen LogP contribution in [0.3, 0.4) is 0 Å². The summed E-state index contributed by atoms with van der Waals surface area (Å²) in [5, 5.41) is 0. The molecule has 0 spiro atoms. The first-order valence-corrected chi connectivity index (χ1v) is 8.80. The lowest BCUT2D eigenvalue weighted by molar-refractivity contribution is -0.146. The highest BCUT2D eigenvalue weighted by Crippen LogP contribution is 2.22. The Morgan fingerprint density at radius 2 is 2.05 bits per heavy atom. The van der Waals surface area contributed by atoms with Gasteiger partial charge in [-0.25, -0.2) is 12.7 Å². The van der Waals surface area contributed by atoms with Gasteiger partial charge in [-0.1, -0.05) is 0 Å². The molecule has 1 unspecified atom stereocenters. The van der Waals surface area contributed by atoms with Crippen LogP contribution >= 0.6 is 11.6 Å². The van der Waals surface area contributed by atoms with E-state index in [1.54, 1.807) is 0 Å². The fourth-order valence-electron chi connectivity index (χ4n) is 2.45. The Hall–Kier alpha value is -0.0500. The van der Waals surface area contributed by atoms with Crippen LogP contribution in [0.5, 0.6) is 0 Å². The summed E-state index contributed by atoms with van der Waals surface area (Å²) in [6, 6.07) is 0. The summed E-state index contributed by atoms with van der Waals surface area (Å²) in [6.07, 6.45) is -1.72. The Balaban J connectivity index is 2.59. The number of hydrogen-bond donors (Lipinski definition) is 0. The third kappa shape index (κ3) is 6.60. The molecule has 9 heteroatoms. The van der Waals surface area contributed by atoms with Crippen molar-refractivity contribution in [2.45, 2.75) is 19.0 Å². The number of rotatable bonds is 6. The van der Waals surface area contributed by atoms with Crippen molar-refractivity contribution in [3.05, 3.63) is 0 Å². The van der Waals surface area contributed by atoms with E-state index in [1.807, 2.05) is 0 Å². The minimum Gasteiger partial charge on any atom is -0.293 e. The molecule has 0 saturated carbocycles. The largest absolute Gasteiger partial charge is 0.401 e. The molecule has 0 bridgehead atoms. The predicted molar refractivity (Wildman–Crippen MR) is 72.4 cm³/mol. The average molecular weight is 337 g/mol. The van der Waals surface area contributed by atoms with E-state index in [4.69, 9.17) is 11.6 Å². The van der Waals surface area contributed by atoms with E-state index in [0.29, 0.717) is 13.0 Å². The summed E-state index contributed by atoms with van der Waals surface area (Å²) in [6.45, 7) is 0.101. The predicted octanol–water partition coefficient (Wildman–Crippen LogP) is 1.76. The Labute approximate surface area is 122 Å². The Morgan fingerprint density at radius 3 is 2.55 bits per heavy atom. The van der Waals surface area contributed by atoms with Gasteiger partial charge in [0.15, 0.2) is 0 Å². The van der Waals surface area contributed by atoms with E-state index in [2.05, 4.69) is 0 Å². The zero-order valence-electron chi connectivity index (χ0n) is 11.4. The lowest BCUT2D eigenvalue weighted by Gasteiger charge is -2.34. The summed E-state index contributed by atoms with van der Waals surface area (Å²) in [4.78, 5) is 1.25. The minimum atomic E-state index is -4.27. The zero-order chi connectivity index (χ0) is 15.4. The first-order valence-electron chi connectivity index (χ1n) is 6.42. The molecule has 1 fully saturated rings. The summed E-state index contributed by atoms with van der Waals surface area (Å²) in [7, 11) is -3.28. The fraction of sp³-hybridized carbons (Fsp3) is 1.00. The van der Waals surface area contributed by atoms with Crippen LogP contribution < -0.4 is 0 Å². The Bertz CT molecular complexity index is 403. The summed E-state index contributed by atoms with van der Waals surface area (Å²) in [5.41, 5.74) is 0. The van der Waals surface area contributed by atoms with Gasteiger partial charge in [0.05, 0.1) is 12.8 Å². The number of piperidine rings is 1. The van der Waals surface area contributed by atoms with Crippen LogP contribution in [-0.4, -0.2) is 68.7 Å². The van der Waals surface area contributed by atoms with Gasteiger partial charge in [-0.05, 0) is 18.8 Å². The van der Waals surface area contributed by atoms with Crippen LogP contribution in [0, 0.1) is 5.92 Å². The lowest BCUT2D eigenvalue weighted by Crippen LogP contribution is -2.45. The summed E-state index contributed by atoms with van der Waals surface area (Å²) >= 11 is 5.53. The summed E-state index contributed by atoms with van der Waals surface area (Å²) < 4.78 is 61.7. The zero-order valence-corrected chi connectivity index (χ0v) is 12.9. The average Bonchev–Trinajstić information content (AvgIpc) is 2.26. The van der Waals surface area contributed by atoms with Gasteiger partial charge in [-0.15, -0.1) is 11.6 Å². The van der Waals surface area contributed by atoms with Crippen LogP contribution in [0.15, 0.2) is 0 Å². The van der Waals surface area contributed by atoms with Gasteiger partial charge in [-0.3, -0.25) is 4.90 Å². The van der Waals surface area contributed by atoms with E-state index >= 15 is 0 Å². The molecule has 4 nitrogen and oxygen atoms in total. The van der Waals surface area contributed by atoms with E-state index in [0.717, 1.165) is 12.7 Å². The number of halogens is 4. The SMILES string of the molecule is CS(=O)(=O)N1CCCC(CN(CCCl)CC(F)(F)F)C1. The number of nitrogens with zero attached hydrogens (tertiary/aromatic N) is 2. The van der Waals surface area contributed by atoms with Gasteiger partial charge < -0.3 is 0 Å². The van der Waals surface area contributed by atoms with E-state index in [9.17, 15) is 21.6 Å². The van der Waals surface area contributed by atoms with Gasteiger partial charge >= 0.3 is 6.18 Å². The third-order valence-electron chi connectivity index (χ3n) is 3.27.